The maximum atomic E-state index is 11.6. The molecule has 0 amide bonds. The van der Waals surface area contributed by atoms with Crippen molar-refractivity contribution in [3.8, 4) is 0 Å². The van der Waals surface area contributed by atoms with Gasteiger partial charge in [0.25, 0.3) is 0 Å². The van der Waals surface area contributed by atoms with Crippen molar-refractivity contribution in [3.05, 3.63) is 35.9 Å². The van der Waals surface area contributed by atoms with Crippen molar-refractivity contribution in [2.75, 3.05) is 0 Å². The lowest BCUT2D eigenvalue weighted by Crippen LogP contribution is -2.47. The van der Waals surface area contributed by atoms with Crippen LogP contribution in [-0.2, 0) is 16.0 Å². The van der Waals surface area contributed by atoms with Crippen molar-refractivity contribution in [2.45, 2.75) is 31.2 Å². The summed E-state index contributed by atoms with van der Waals surface area (Å²) >= 11 is 0. The summed E-state index contributed by atoms with van der Waals surface area (Å²) in [6.07, 6.45) is 0.774. The summed E-state index contributed by atoms with van der Waals surface area (Å²) in [4.78, 5) is 22.8. The lowest BCUT2D eigenvalue weighted by atomic mass is 9.78. The number of aliphatic carboxylic acids is 2. The normalized spacial score (nSPS) is 30.2. The minimum atomic E-state index is -1.42. The average molecular weight is 263 g/mol. The van der Waals surface area contributed by atoms with Crippen LogP contribution in [0.15, 0.2) is 30.3 Å². The molecule has 0 heterocycles. The Bertz CT molecular complexity index is 501. The summed E-state index contributed by atoms with van der Waals surface area (Å²) in [6.45, 7) is 0. The van der Waals surface area contributed by atoms with Crippen LogP contribution in [0.2, 0.25) is 0 Å². The van der Waals surface area contributed by atoms with E-state index in [1.165, 1.54) is 0 Å². The van der Waals surface area contributed by atoms with Gasteiger partial charge in [0.2, 0.25) is 0 Å². The third-order valence-electron chi connectivity index (χ3n) is 3.97. The quantitative estimate of drug-likeness (QED) is 0.759. The second-order valence-electron chi connectivity index (χ2n) is 5.39. The zero-order chi connectivity index (χ0) is 14.1. The van der Waals surface area contributed by atoms with Gasteiger partial charge in [-0.05, 0) is 31.2 Å². The van der Waals surface area contributed by atoms with E-state index >= 15 is 0 Å². The van der Waals surface area contributed by atoms with Gasteiger partial charge in [-0.25, -0.2) is 0 Å². The van der Waals surface area contributed by atoms with Gasteiger partial charge in [-0.1, -0.05) is 30.3 Å². The van der Waals surface area contributed by atoms with E-state index in [0.29, 0.717) is 12.8 Å². The molecule has 0 saturated heterocycles. The first-order valence-electron chi connectivity index (χ1n) is 6.18. The van der Waals surface area contributed by atoms with E-state index in [2.05, 4.69) is 0 Å². The number of carboxylic acid groups (broad SMARTS) is 2. The van der Waals surface area contributed by atoms with Crippen LogP contribution in [0, 0.1) is 5.41 Å². The summed E-state index contributed by atoms with van der Waals surface area (Å²) in [7, 11) is 0. The summed E-state index contributed by atoms with van der Waals surface area (Å²) in [5.74, 6) is -2.09. The number of carbonyl (C=O) groups is 2. The predicted molar refractivity (Wildman–Crippen MR) is 68.6 cm³/mol. The lowest BCUT2D eigenvalue weighted by Gasteiger charge is -2.26. The lowest BCUT2D eigenvalue weighted by molar-refractivity contribution is -0.149. The largest absolute Gasteiger partial charge is 0.481 e. The van der Waals surface area contributed by atoms with Gasteiger partial charge in [0, 0.05) is 0 Å². The second kappa shape index (κ2) is 4.66. The van der Waals surface area contributed by atoms with Gasteiger partial charge in [0.1, 0.15) is 5.54 Å². The highest BCUT2D eigenvalue weighted by molar-refractivity contribution is 5.83. The SMILES string of the molecule is N[C@@]1(C(=O)O)CC[C@@](Cc2ccccc2)(C(=O)O)C1. The van der Waals surface area contributed by atoms with Crippen LogP contribution in [0.3, 0.4) is 0 Å². The molecule has 1 aromatic rings. The maximum Gasteiger partial charge on any atom is 0.323 e. The molecule has 0 radical (unpaired) electrons. The zero-order valence-corrected chi connectivity index (χ0v) is 10.5. The van der Waals surface area contributed by atoms with Crippen molar-refractivity contribution in [1.82, 2.24) is 0 Å². The van der Waals surface area contributed by atoms with Crippen LogP contribution in [0.5, 0.6) is 0 Å². The molecule has 0 unspecified atom stereocenters. The van der Waals surface area contributed by atoms with Crippen LogP contribution in [0.4, 0.5) is 0 Å². The van der Waals surface area contributed by atoms with Crippen molar-refractivity contribution in [3.63, 3.8) is 0 Å². The molecule has 2 rings (SSSR count). The summed E-state index contributed by atoms with van der Waals surface area (Å²) in [5.41, 5.74) is 4.20. The van der Waals surface area contributed by atoms with Crippen molar-refractivity contribution in [1.29, 1.82) is 0 Å². The van der Waals surface area contributed by atoms with Crippen molar-refractivity contribution < 1.29 is 19.8 Å². The molecule has 1 saturated carbocycles. The molecule has 19 heavy (non-hydrogen) atoms. The minimum absolute atomic E-state index is 0.0282. The van der Waals surface area contributed by atoms with Gasteiger partial charge in [0.15, 0.2) is 0 Å². The van der Waals surface area contributed by atoms with E-state index in [1.807, 2.05) is 30.3 Å². The standard InChI is InChI=1S/C14H17NO4/c15-14(12(18)19)7-6-13(9-14,11(16)17)8-10-4-2-1-3-5-10/h1-5H,6-9,15H2,(H,16,17)(H,18,19)/t13-,14-/m0/s1. The Morgan fingerprint density at radius 3 is 2.21 bits per heavy atom. The smallest absolute Gasteiger partial charge is 0.323 e. The molecular formula is C14H17NO4. The van der Waals surface area contributed by atoms with Crippen LogP contribution < -0.4 is 5.73 Å². The maximum absolute atomic E-state index is 11.6. The van der Waals surface area contributed by atoms with Gasteiger partial charge < -0.3 is 15.9 Å². The third kappa shape index (κ3) is 2.46. The van der Waals surface area contributed by atoms with E-state index in [-0.39, 0.29) is 12.8 Å². The van der Waals surface area contributed by atoms with Crippen molar-refractivity contribution >= 4 is 11.9 Å². The molecule has 0 aliphatic heterocycles. The van der Waals surface area contributed by atoms with Crippen LogP contribution in [-0.4, -0.2) is 27.7 Å². The number of nitrogens with two attached hydrogens (primary N) is 1. The van der Waals surface area contributed by atoms with Crippen LogP contribution in [0.1, 0.15) is 24.8 Å². The van der Waals surface area contributed by atoms with E-state index in [1.54, 1.807) is 0 Å². The summed E-state index contributed by atoms with van der Waals surface area (Å²) < 4.78 is 0. The number of benzene rings is 1. The van der Waals surface area contributed by atoms with E-state index in [4.69, 9.17) is 10.8 Å². The molecule has 1 aliphatic carbocycles. The number of carboxylic acids is 2. The molecule has 1 aliphatic rings. The van der Waals surface area contributed by atoms with Crippen LogP contribution in [0.25, 0.3) is 0 Å². The Morgan fingerprint density at radius 2 is 1.74 bits per heavy atom. The number of hydrogen-bond acceptors (Lipinski definition) is 3. The van der Waals surface area contributed by atoms with Gasteiger partial charge >= 0.3 is 11.9 Å². The fourth-order valence-electron chi connectivity index (χ4n) is 2.82. The first-order chi connectivity index (χ1) is 8.88. The fourth-order valence-corrected chi connectivity index (χ4v) is 2.82. The minimum Gasteiger partial charge on any atom is -0.481 e. The molecule has 4 N–H and O–H groups in total. The molecule has 0 spiro atoms. The highest BCUT2D eigenvalue weighted by Gasteiger charge is 2.54. The fraction of sp³-hybridized carbons (Fsp3) is 0.429. The Kier molecular flexibility index (Phi) is 3.32. The first kappa shape index (κ1) is 13.5. The molecule has 0 aromatic heterocycles. The molecule has 0 bridgehead atoms. The van der Waals surface area contributed by atoms with E-state index in [9.17, 15) is 14.7 Å². The number of hydrogen-bond donors (Lipinski definition) is 3. The molecule has 5 heteroatoms. The molecule has 5 nitrogen and oxygen atoms in total. The van der Waals surface area contributed by atoms with E-state index in [0.717, 1.165) is 5.56 Å². The Morgan fingerprint density at radius 1 is 1.11 bits per heavy atom. The van der Waals surface area contributed by atoms with Gasteiger partial charge in [-0.2, -0.15) is 0 Å². The van der Waals surface area contributed by atoms with Crippen molar-refractivity contribution in [2.24, 2.45) is 11.1 Å². The second-order valence-corrected chi connectivity index (χ2v) is 5.39. The van der Waals surface area contributed by atoms with E-state index < -0.39 is 22.9 Å². The highest BCUT2D eigenvalue weighted by Crippen LogP contribution is 2.45. The topological polar surface area (TPSA) is 101 Å². The zero-order valence-electron chi connectivity index (χ0n) is 10.5. The third-order valence-corrected chi connectivity index (χ3v) is 3.97. The number of rotatable bonds is 4. The summed E-state index contributed by atoms with van der Waals surface area (Å²) in [5, 5.41) is 18.6. The summed E-state index contributed by atoms with van der Waals surface area (Å²) in [6, 6.07) is 9.24. The average Bonchev–Trinajstić information content (AvgIpc) is 2.71. The molecule has 1 aromatic carbocycles. The van der Waals surface area contributed by atoms with Crippen LogP contribution >= 0.6 is 0 Å². The van der Waals surface area contributed by atoms with Gasteiger partial charge in [-0.3, -0.25) is 9.59 Å². The molecule has 2 atom stereocenters. The Hall–Kier alpha value is -1.88. The Labute approximate surface area is 111 Å². The molecule has 1 fully saturated rings. The first-order valence-corrected chi connectivity index (χ1v) is 6.18. The van der Waals surface area contributed by atoms with Gasteiger partial charge in [-0.15, -0.1) is 0 Å². The molecular weight excluding hydrogens is 246 g/mol. The molecule has 102 valence electrons. The monoisotopic (exact) mass is 263 g/mol. The predicted octanol–water partition coefficient (Wildman–Crippen LogP) is 1.27. The highest BCUT2D eigenvalue weighted by atomic mass is 16.4. The Balaban J connectivity index is 2.27. The van der Waals surface area contributed by atoms with Gasteiger partial charge in [0.05, 0.1) is 5.41 Å².